The number of hydrogen-bond donors (Lipinski definition) is 1. The third-order valence-electron chi connectivity index (χ3n) is 2.70. The molecule has 1 aliphatic rings. The molecule has 2 rings (SSSR count). The Morgan fingerprint density at radius 2 is 2.35 bits per heavy atom. The summed E-state index contributed by atoms with van der Waals surface area (Å²) < 4.78 is 24.0. The Kier molecular flexibility index (Phi) is 3.50. The van der Waals surface area contributed by atoms with Crippen LogP contribution in [0.4, 0.5) is 0 Å². The van der Waals surface area contributed by atoms with Gasteiger partial charge in [0, 0.05) is 19.1 Å². The van der Waals surface area contributed by atoms with Crippen LogP contribution in [0.5, 0.6) is 0 Å². The first-order valence-electron chi connectivity index (χ1n) is 5.26. The fourth-order valence-electron chi connectivity index (χ4n) is 1.81. The lowest BCUT2D eigenvalue weighted by atomic mass is 10.2. The maximum Gasteiger partial charge on any atom is 0.261 e. The van der Waals surface area contributed by atoms with Crippen molar-refractivity contribution in [3.8, 4) is 0 Å². The average Bonchev–Trinajstić information content (AvgIpc) is 2.85. The minimum Gasteiger partial charge on any atom is -0.347 e. The number of amides is 1. The van der Waals surface area contributed by atoms with Crippen LogP contribution in [0.2, 0.25) is 0 Å². The van der Waals surface area contributed by atoms with Gasteiger partial charge in [-0.25, -0.2) is 12.7 Å². The van der Waals surface area contributed by atoms with Crippen LogP contribution in [0.1, 0.15) is 16.1 Å². The first-order chi connectivity index (χ1) is 7.97. The molecule has 1 fully saturated rings. The van der Waals surface area contributed by atoms with Gasteiger partial charge < -0.3 is 5.32 Å². The van der Waals surface area contributed by atoms with E-state index in [1.54, 1.807) is 6.07 Å². The zero-order valence-electron chi connectivity index (χ0n) is 9.42. The van der Waals surface area contributed by atoms with Crippen LogP contribution in [-0.4, -0.2) is 44.0 Å². The summed E-state index contributed by atoms with van der Waals surface area (Å²) in [5.74, 6) is -0.125. The smallest absolute Gasteiger partial charge is 0.261 e. The van der Waals surface area contributed by atoms with Crippen LogP contribution in [0.25, 0.3) is 0 Å². The topological polar surface area (TPSA) is 66.5 Å². The van der Waals surface area contributed by atoms with E-state index in [0.29, 0.717) is 24.4 Å². The first-order valence-corrected chi connectivity index (χ1v) is 7.99. The molecule has 1 N–H and O–H groups in total. The van der Waals surface area contributed by atoms with Crippen molar-refractivity contribution in [1.29, 1.82) is 0 Å². The van der Waals surface area contributed by atoms with Crippen molar-refractivity contribution in [2.75, 3.05) is 19.3 Å². The highest BCUT2D eigenvalue weighted by Crippen LogP contribution is 2.14. The van der Waals surface area contributed by atoms with E-state index >= 15 is 0 Å². The van der Waals surface area contributed by atoms with Gasteiger partial charge in [-0.2, -0.15) is 0 Å². The second kappa shape index (κ2) is 4.75. The number of sulfonamides is 1. The largest absolute Gasteiger partial charge is 0.347 e. The lowest BCUT2D eigenvalue weighted by molar-refractivity contribution is 0.0943. The summed E-state index contributed by atoms with van der Waals surface area (Å²) in [5, 5.41) is 4.69. The number of nitrogens with one attached hydrogen (secondary N) is 1. The molecule has 0 aromatic carbocycles. The van der Waals surface area contributed by atoms with Crippen LogP contribution in [-0.2, 0) is 10.0 Å². The van der Waals surface area contributed by atoms with Crippen molar-refractivity contribution >= 4 is 27.3 Å². The highest BCUT2D eigenvalue weighted by Gasteiger charge is 2.29. The monoisotopic (exact) mass is 274 g/mol. The molecule has 0 saturated carbocycles. The fourth-order valence-corrected chi connectivity index (χ4v) is 3.33. The quantitative estimate of drug-likeness (QED) is 0.873. The fraction of sp³-hybridized carbons (Fsp3) is 0.500. The average molecular weight is 274 g/mol. The van der Waals surface area contributed by atoms with Gasteiger partial charge in [-0.15, -0.1) is 11.3 Å². The molecule has 17 heavy (non-hydrogen) atoms. The zero-order valence-corrected chi connectivity index (χ0v) is 11.1. The van der Waals surface area contributed by atoms with Crippen molar-refractivity contribution < 1.29 is 13.2 Å². The first kappa shape index (κ1) is 12.5. The Labute approximate surface area is 104 Å². The Balaban J connectivity index is 1.93. The minimum absolute atomic E-state index is 0.0840. The van der Waals surface area contributed by atoms with Gasteiger partial charge in [0.2, 0.25) is 10.0 Å². The maximum absolute atomic E-state index is 11.7. The van der Waals surface area contributed by atoms with Gasteiger partial charge in [0.1, 0.15) is 0 Å². The molecule has 1 aliphatic heterocycles. The summed E-state index contributed by atoms with van der Waals surface area (Å²) in [4.78, 5) is 12.4. The molecule has 1 aromatic rings. The minimum atomic E-state index is -3.14. The van der Waals surface area contributed by atoms with Gasteiger partial charge >= 0.3 is 0 Å². The van der Waals surface area contributed by atoms with Gasteiger partial charge in [0.05, 0.1) is 11.1 Å². The molecule has 0 bridgehead atoms. The van der Waals surface area contributed by atoms with Crippen LogP contribution in [0.3, 0.4) is 0 Å². The highest BCUT2D eigenvalue weighted by molar-refractivity contribution is 7.88. The van der Waals surface area contributed by atoms with Gasteiger partial charge in [-0.05, 0) is 17.9 Å². The summed E-state index contributed by atoms with van der Waals surface area (Å²) in [6.45, 7) is 0.851. The summed E-state index contributed by atoms with van der Waals surface area (Å²) in [6, 6.07) is 3.49. The standard InChI is InChI=1S/C10H14N2O3S2/c1-17(14,15)12-5-4-8(7-12)11-10(13)9-3-2-6-16-9/h2-3,6,8H,4-5,7H2,1H3,(H,11,13). The maximum atomic E-state index is 11.7. The van der Waals surface area contributed by atoms with Crippen LogP contribution < -0.4 is 5.32 Å². The molecule has 1 unspecified atom stereocenters. The van der Waals surface area contributed by atoms with Crippen LogP contribution in [0, 0.1) is 0 Å². The molecule has 94 valence electrons. The molecule has 5 nitrogen and oxygen atoms in total. The second-order valence-electron chi connectivity index (χ2n) is 4.06. The summed E-state index contributed by atoms with van der Waals surface area (Å²) in [6.07, 6.45) is 1.86. The molecule has 0 radical (unpaired) electrons. The van der Waals surface area contributed by atoms with Crippen molar-refractivity contribution in [1.82, 2.24) is 9.62 Å². The van der Waals surface area contributed by atoms with E-state index in [1.807, 2.05) is 11.4 Å². The highest BCUT2D eigenvalue weighted by atomic mass is 32.2. The lowest BCUT2D eigenvalue weighted by Gasteiger charge is -2.14. The van der Waals surface area contributed by atoms with E-state index in [2.05, 4.69) is 5.32 Å². The normalized spacial score (nSPS) is 21.6. The predicted octanol–water partition coefficient (Wildman–Crippen LogP) is 0.512. The molecule has 0 spiro atoms. The van der Waals surface area contributed by atoms with Crippen molar-refractivity contribution in [3.05, 3.63) is 22.4 Å². The van der Waals surface area contributed by atoms with E-state index in [0.717, 1.165) is 0 Å². The van der Waals surface area contributed by atoms with Crippen LogP contribution >= 0.6 is 11.3 Å². The molecule has 1 atom stereocenters. The molecule has 1 saturated heterocycles. The van der Waals surface area contributed by atoms with Crippen molar-refractivity contribution in [2.24, 2.45) is 0 Å². The van der Waals surface area contributed by atoms with Crippen molar-refractivity contribution in [3.63, 3.8) is 0 Å². The summed E-state index contributed by atoms with van der Waals surface area (Å²) in [7, 11) is -3.14. The van der Waals surface area contributed by atoms with E-state index in [9.17, 15) is 13.2 Å². The number of nitrogens with zero attached hydrogens (tertiary/aromatic N) is 1. The zero-order chi connectivity index (χ0) is 12.5. The van der Waals surface area contributed by atoms with Gasteiger partial charge in [-0.1, -0.05) is 6.07 Å². The summed E-state index contributed by atoms with van der Waals surface area (Å²) in [5.41, 5.74) is 0. The van der Waals surface area contributed by atoms with E-state index in [-0.39, 0.29) is 11.9 Å². The molecule has 0 aliphatic carbocycles. The Hall–Kier alpha value is -0.920. The molecular weight excluding hydrogens is 260 g/mol. The Morgan fingerprint density at radius 1 is 1.59 bits per heavy atom. The SMILES string of the molecule is CS(=O)(=O)N1CCC(NC(=O)c2cccs2)C1. The number of carbonyl (C=O) groups is 1. The van der Waals surface area contributed by atoms with E-state index in [4.69, 9.17) is 0 Å². The van der Waals surface area contributed by atoms with Gasteiger partial charge in [0.25, 0.3) is 5.91 Å². The number of thiophene rings is 1. The molecule has 2 heterocycles. The second-order valence-corrected chi connectivity index (χ2v) is 6.99. The number of hydrogen-bond acceptors (Lipinski definition) is 4. The number of carbonyl (C=O) groups excluding carboxylic acids is 1. The van der Waals surface area contributed by atoms with E-state index in [1.165, 1.54) is 21.9 Å². The Bertz CT molecular complexity index is 496. The van der Waals surface area contributed by atoms with Crippen molar-refractivity contribution in [2.45, 2.75) is 12.5 Å². The van der Waals surface area contributed by atoms with Gasteiger partial charge in [-0.3, -0.25) is 4.79 Å². The van der Waals surface area contributed by atoms with Gasteiger partial charge in [0.15, 0.2) is 0 Å². The third kappa shape index (κ3) is 3.05. The molecule has 7 heteroatoms. The molecular formula is C10H14N2O3S2. The Morgan fingerprint density at radius 3 is 2.88 bits per heavy atom. The number of rotatable bonds is 3. The predicted molar refractivity (Wildman–Crippen MR) is 66.6 cm³/mol. The summed E-state index contributed by atoms with van der Waals surface area (Å²) >= 11 is 1.38. The lowest BCUT2D eigenvalue weighted by Crippen LogP contribution is -2.37. The van der Waals surface area contributed by atoms with E-state index < -0.39 is 10.0 Å². The third-order valence-corrected chi connectivity index (χ3v) is 4.84. The van der Waals surface area contributed by atoms with Crippen LogP contribution in [0.15, 0.2) is 17.5 Å². The molecule has 1 amide bonds. The molecule has 1 aromatic heterocycles.